The van der Waals surface area contributed by atoms with Crippen LogP contribution in [0.2, 0.25) is 5.02 Å². The van der Waals surface area contributed by atoms with Gasteiger partial charge in [0.25, 0.3) is 5.91 Å². The number of benzene rings is 4. The molecule has 0 saturated carbocycles. The Hall–Kier alpha value is -3.54. The molecule has 0 atom stereocenters. The monoisotopic (exact) mass is 622 g/mol. The Morgan fingerprint density at radius 2 is 1.84 bits per heavy atom. The molecule has 1 amide bonds. The van der Waals surface area contributed by atoms with Crippen LogP contribution in [0.1, 0.15) is 23.6 Å². The van der Waals surface area contributed by atoms with Crippen LogP contribution in [0.4, 0.5) is 5.69 Å². The van der Waals surface area contributed by atoms with E-state index < -0.39 is 5.91 Å². The number of ether oxygens (including phenoxy) is 2. The molecule has 0 heterocycles. The minimum absolute atomic E-state index is 0.0394. The topological polar surface area (TPSA) is 71.3 Å². The normalized spacial score (nSPS) is 11.2. The van der Waals surface area contributed by atoms with Crippen LogP contribution in [0.5, 0.6) is 11.5 Å². The summed E-state index contributed by atoms with van der Waals surface area (Å²) in [5.41, 5.74) is 2.94. The molecule has 0 bridgehead atoms. The zero-order valence-corrected chi connectivity index (χ0v) is 23.3. The van der Waals surface area contributed by atoms with Gasteiger partial charge < -0.3 is 14.8 Å². The molecule has 0 saturated heterocycles. The molecule has 0 aromatic heterocycles. The lowest BCUT2D eigenvalue weighted by Crippen LogP contribution is -2.14. The van der Waals surface area contributed by atoms with Gasteiger partial charge >= 0.3 is 0 Å². The minimum atomic E-state index is -0.516. The molecule has 0 aliphatic carbocycles. The Bertz CT molecular complexity index is 1540. The van der Waals surface area contributed by atoms with Crippen LogP contribution in [-0.4, -0.2) is 12.5 Å². The summed E-state index contributed by atoms with van der Waals surface area (Å²) in [6.07, 6.45) is 1.53. The molecule has 186 valence electrons. The van der Waals surface area contributed by atoms with Crippen molar-refractivity contribution in [3.63, 3.8) is 0 Å². The van der Waals surface area contributed by atoms with Gasteiger partial charge in [-0.1, -0.05) is 54.1 Å². The number of nitrogens with one attached hydrogen (secondary N) is 1. The van der Waals surface area contributed by atoms with Crippen molar-refractivity contribution < 1.29 is 14.3 Å². The first-order valence-corrected chi connectivity index (χ1v) is 13.1. The summed E-state index contributed by atoms with van der Waals surface area (Å²) in [6, 6.07) is 25.3. The average molecular weight is 623 g/mol. The van der Waals surface area contributed by atoms with Crippen LogP contribution < -0.4 is 14.8 Å². The van der Waals surface area contributed by atoms with E-state index in [4.69, 9.17) is 21.1 Å². The Labute approximate surface area is 234 Å². The van der Waals surface area contributed by atoms with Gasteiger partial charge in [-0.05, 0) is 100 Å². The van der Waals surface area contributed by atoms with E-state index in [1.165, 1.54) is 11.5 Å². The summed E-state index contributed by atoms with van der Waals surface area (Å²) in [5, 5.41) is 15.3. The van der Waals surface area contributed by atoms with Gasteiger partial charge in [0, 0.05) is 10.7 Å². The van der Waals surface area contributed by atoms with E-state index >= 15 is 0 Å². The van der Waals surface area contributed by atoms with E-state index in [9.17, 15) is 10.1 Å². The largest absolute Gasteiger partial charge is 0.490 e. The Morgan fingerprint density at radius 1 is 1.05 bits per heavy atom. The third kappa shape index (κ3) is 6.43. The number of carbonyl (C=O) groups excluding carboxylic acids is 1. The van der Waals surface area contributed by atoms with Crippen molar-refractivity contribution in [2.75, 3.05) is 11.9 Å². The molecule has 0 aliphatic heterocycles. The average Bonchev–Trinajstić information content (AvgIpc) is 2.89. The van der Waals surface area contributed by atoms with Gasteiger partial charge in [-0.15, -0.1) is 0 Å². The highest BCUT2D eigenvalue weighted by atomic mass is 127. The molecule has 0 aliphatic rings. The molecule has 5 nitrogen and oxygen atoms in total. The number of rotatable bonds is 8. The van der Waals surface area contributed by atoms with Gasteiger partial charge in [-0.2, -0.15) is 5.26 Å². The molecule has 0 fully saturated rings. The number of amides is 1. The van der Waals surface area contributed by atoms with Gasteiger partial charge in [0.2, 0.25) is 0 Å². The molecule has 37 heavy (non-hydrogen) atoms. The third-order valence-electron chi connectivity index (χ3n) is 5.72. The molecule has 4 rings (SSSR count). The van der Waals surface area contributed by atoms with E-state index in [2.05, 4.69) is 52.2 Å². The second kappa shape index (κ2) is 12.1. The lowest BCUT2D eigenvalue weighted by molar-refractivity contribution is -0.112. The van der Waals surface area contributed by atoms with E-state index in [1.807, 2.05) is 37.3 Å². The second-order valence-electron chi connectivity index (χ2n) is 8.27. The Morgan fingerprint density at radius 3 is 2.59 bits per heavy atom. The number of nitriles is 1. The molecule has 0 radical (unpaired) electrons. The van der Waals surface area contributed by atoms with Gasteiger partial charge in [0.05, 0.1) is 10.2 Å². The fraction of sp³-hybridized carbons (Fsp3) is 0.133. The first-order valence-electron chi connectivity index (χ1n) is 11.6. The quantitative estimate of drug-likeness (QED) is 0.123. The fourth-order valence-electron chi connectivity index (χ4n) is 3.81. The van der Waals surface area contributed by atoms with Gasteiger partial charge in [0.1, 0.15) is 18.2 Å². The molecule has 0 spiro atoms. The molecular formula is C30H24ClIN2O3. The van der Waals surface area contributed by atoms with Crippen LogP contribution in [0.3, 0.4) is 0 Å². The van der Waals surface area contributed by atoms with E-state index in [1.54, 1.807) is 31.2 Å². The van der Waals surface area contributed by atoms with Crippen LogP contribution in [0.15, 0.2) is 78.4 Å². The van der Waals surface area contributed by atoms with E-state index in [0.717, 1.165) is 20.1 Å². The van der Waals surface area contributed by atoms with E-state index in [-0.39, 0.29) is 5.57 Å². The van der Waals surface area contributed by atoms with Crippen molar-refractivity contribution in [1.82, 2.24) is 0 Å². The van der Waals surface area contributed by atoms with E-state index in [0.29, 0.717) is 41.0 Å². The van der Waals surface area contributed by atoms with Crippen molar-refractivity contribution in [2.24, 2.45) is 0 Å². The van der Waals surface area contributed by atoms with Crippen molar-refractivity contribution >= 4 is 62.6 Å². The number of halogens is 2. The molecule has 1 N–H and O–H groups in total. The van der Waals surface area contributed by atoms with Gasteiger partial charge in [-0.3, -0.25) is 4.79 Å². The highest BCUT2D eigenvalue weighted by Crippen LogP contribution is 2.36. The van der Waals surface area contributed by atoms with Crippen molar-refractivity contribution in [3.8, 4) is 17.6 Å². The molecule has 7 heteroatoms. The second-order valence-corrected chi connectivity index (χ2v) is 9.84. The minimum Gasteiger partial charge on any atom is -0.490 e. The summed E-state index contributed by atoms with van der Waals surface area (Å²) in [6.45, 7) is 4.52. The predicted molar refractivity (Wildman–Crippen MR) is 157 cm³/mol. The van der Waals surface area contributed by atoms with Crippen molar-refractivity contribution in [3.05, 3.63) is 104 Å². The maximum Gasteiger partial charge on any atom is 0.266 e. The van der Waals surface area contributed by atoms with Crippen LogP contribution in [0, 0.1) is 21.8 Å². The standard InChI is InChI=1S/C30H24ClIN2O3/c1-3-36-28-16-21(14-24(17-33)30(35)34-27-10-6-9-25(31)19(27)2)15-26(32)29(28)37-18-20-11-12-22-7-4-5-8-23(22)13-20/h4-16H,3,18H2,1-2H3,(H,34,35)/b24-14+. The van der Waals surface area contributed by atoms with Crippen LogP contribution in [-0.2, 0) is 11.4 Å². The zero-order valence-electron chi connectivity index (χ0n) is 20.3. The van der Waals surface area contributed by atoms with Crippen LogP contribution in [0.25, 0.3) is 16.8 Å². The highest BCUT2D eigenvalue weighted by Gasteiger charge is 2.16. The Kier molecular flexibility index (Phi) is 8.70. The molecular weight excluding hydrogens is 599 g/mol. The smallest absolute Gasteiger partial charge is 0.266 e. The molecule has 0 unspecified atom stereocenters. The number of hydrogen-bond acceptors (Lipinski definition) is 4. The van der Waals surface area contributed by atoms with Gasteiger partial charge in [0.15, 0.2) is 11.5 Å². The zero-order chi connectivity index (χ0) is 26.4. The summed E-state index contributed by atoms with van der Waals surface area (Å²) in [7, 11) is 0. The SMILES string of the molecule is CCOc1cc(/C=C(\C#N)C(=O)Nc2cccc(Cl)c2C)cc(I)c1OCc1ccc2ccccc2c1. The third-order valence-corrected chi connectivity index (χ3v) is 6.93. The maximum atomic E-state index is 12.8. The van der Waals surface area contributed by atoms with Crippen molar-refractivity contribution in [1.29, 1.82) is 5.26 Å². The van der Waals surface area contributed by atoms with Gasteiger partial charge in [-0.25, -0.2) is 0 Å². The number of carbonyl (C=O) groups is 1. The summed E-state index contributed by atoms with van der Waals surface area (Å²) >= 11 is 8.33. The number of nitrogens with zero attached hydrogens (tertiary/aromatic N) is 1. The first-order chi connectivity index (χ1) is 17.9. The fourth-order valence-corrected chi connectivity index (χ4v) is 4.76. The number of hydrogen-bond donors (Lipinski definition) is 1. The summed E-state index contributed by atoms with van der Waals surface area (Å²) in [4.78, 5) is 12.8. The summed E-state index contributed by atoms with van der Waals surface area (Å²) < 4.78 is 12.8. The predicted octanol–water partition coefficient (Wildman–Crippen LogP) is 7.93. The molecule has 4 aromatic rings. The highest BCUT2D eigenvalue weighted by molar-refractivity contribution is 14.1. The maximum absolute atomic E-state index is 12.8. The number of fused-ring (bicyclic) bond motifs is 1. The summed E-state index contributed by atoms with van der Waals surface area (Å²) in [5.74, 6) is 0.646. The molecule has 4 aromatic carbocycles. The van der Waals surface area contributed by atoms with Crippen LogP contribution >= 0.6 is 34.2 Å². The number of anilines is 1. The lowest BCUT2D eigenvalue weighted by Gasteiger charge is -2.15. The Balaban J connectivity index is 1.57. The van der Waals surface area contributed by atoms with Crippen molar-refractivity contribution in [2.45, 2.75) is 20.5 Å². The lowest BCUT2D eigenvalue weighted by atomic mass is 10.1. The first kappa shape index (κ1) is 26.5.